The van der Waals surface area contributed by atoms with Crippen LogP contribution in [0, 0.1) is 0 Å². The van der Waals surface area contributed by atoms with E-state index in [1.54, 1.807) is 0 Å². The summed E-state index contributed by atoms with van der Waals surface area (Å²) in [6.45, 7) is 4.63. The fourth-order valence-electron chi connectivity index (χ4n) is 3.74. The molecule has 2 aromatic rings. The zero-order valence-corrected chi connectivity index (χ0v) is 16.7. The Morgan fingerprint density at radius 3 is 2.93 bits per heavy atom. The maximum atomic E-state index is 13.0. The minimum absolute atomic E-state index is 0.0592. The topological polar surface area (TPSA) is 78.5 Å². The van der Waals surface area contributed by atoms with Crippen LogP contribution >= 0.6 is 15.9 Å². The van der Waals surface area contributed by atoms with Gasteiger partial charge in [-0.2, -0.15) is 0 Å². The van der Waals surface area contributed by atoms with Gasteiger partial charge in [0.25, 0.3) is 5.56 Å². The van der Waals surface area contributed by atoms with Crippen LogP contribution < -0.4 is 15.4 Å². The molecule has 0 radical (unpaired) electrons. The first-order chi connectivity index (χ1) is 13.0. The molecule has 1 aromatic carbocycles. The molecule has 1 atom stereocenters. The van der Waals surface area contributed by atoms with Gasteiger partial charge in [-0.25, -0.2) is 4.98 Å². The van der Waals surface area contributed by atoms with E-state index in [9.17, 15) is 9.59 Å². The van der Waals surface area contributed by atoms with Gasteiger partial charge in [-0.1, -0.05) is 22.0 Å². The second-order valence-electron chi connectivity index (χ2n) is 6.88. The third-order valence-electron chi connectivity index (χ3n) is 4.99. The molecule has 0 spiro atoms. The number of anilines is 2. The van der Waals surface area contributed by atoms with Gasteiger partial charge in [0.1, 0.15) is 11.6 Å². The SMILES string of the molecule is C[C@@H]1Cc2c(Br)cccc2N1C(=O)Cc1nc(N2CCOCC2)cc(=O)[nH]1. The van der Waals surface area contributed by atoms with Gasteiger partial charge in [0, 0.05) is 35.4 Å². The van der Waals surface area contributed by atoms with Gasteiger partial charge < -0.3 is 19.5 Å². The second kappa shape index (κ2) is 7.44. The van der Waals surface area contributed by atoms with E-state index in [1.165, 1.54) is 6.07 Å². The van der Waals surface area contributed by atoms with Crippen LogP contribution in [0.15, 0.2) is 33.5 Å². The molecular formula is C19H21BrN4O3. The largest absolute Gasteiger partial charge is 0.378 e. The molecule has 8 heteroatoms. The third kappa shape index (κ3) is 3.64. The number of H-pyrrole nitrogens is 1. The molecule has 1 amide bonds. The Kier molecular flexibility index (Phi) is 5.01. The summed E-state index contributed by atoms with van der Waals surface area (Å²) >= 11 is 3.57. The molecule has 1 N–H and O–H groups in total. The van der Waals surface area contributed by atoms with E-state index in [1.807, 2.05) is 34.9 Å². The van der Waals surface area contributed by atoms with Crippen molar-refractivity contribution >= 4 is 33.3 Å². The number of nitrogens with zero attached hydrogens (tertiary/aromatic N) is 3. The molecule has 3 heterocycles. The predicted molar refractivity (Wildman–Crippen MR) is 106 cm³/mol. The molecule has 142 valence electrons. The Morgan fingerprint density at radius 2 is 2.15 bits per heavy atom. The zero-order chi connectivity index (χ0) is 19.0. The van der Waals surface area contributed by atoms with Crippen molar-refractivity contribution in [3.8, 4) is 0 Å². The average molecular weight is 433 g/mol. The van der Waals surface area contributed by atoms with E-state index in [0.29, 0.717) is 37.9 Å². The first-order valence-corrected chi connectivity index (χ1v) is 9.84. The van der Waals surface area contributed by atoms with E-state index in [4.69, 9.17) is 4.74 Å². The fourth-order valence-corrected chi connectivity index (χ4v) is 4.26. The highest BCUT2D eigenvalue weighted by atomic mass is 79.9. The number of carbonyl (C=O) groups excluding carboxylic acids is 1. The summed E-state index contributed by atoms with van der Waals surface area (Å²) in [6, 6.07) is 7.43. The normalized spacial score (nSPS) is 19.3. The summed E-state index contributed by atoms with van der Waals surface area (Å²) in [6.07, 6.45) is 0.865. The Balaban J connectivity index is 1.58. The summed E-state index contributed by atoms with van der Waals surface area (Å²) < 4.78 is 6.37. The van der Waals surface area contributed by atoms with Crippen LogP contribution in [0.1, 0.15) is 18.3 Å². The van der Waals surface area contributed by atoms with Crippen molar-refractivity contribution in [3.63, 3.8) is 0 Å². The number of fused-ring (bicyclic) bond motifs is 1. The number of amides is 1. The van der Waals surface area contributed by atoms with Crippen LogP contribution in [0.25, 0.3) is 0 Å². The van der Waals surface area contributed by atoms with E-state index in [0.717, 1.165) is 22.1 Å². The second-order valence-corrected chi connectivity index (χ2v) is 7.74. The van der Waals surface area contributed by atoms with Crippen LogP contribution in [0.2, 0.25) is 0 Å². The monoisotopic (exact) mass is 432 g/mol. The lowest BCUT2D eigenvalue weighted by Crippen LogP contribution is -2.39. The van der Waals surface area contributed by atoms with E-state index in [-0.39, 0.29) is 23.9 Å². The number of nitrogens with one attached hydrogen (secondary N) is 1. The molecule has 1 saturated heterocycles. The summed E-state index contributed by atoms with van der Waals surface area (Å²) in [5.74, 6) is 0.925. The molecule has 1 fully saturated rings. The Morgan fingerprint density at radius 1 is 1.37 bits per heavy atom. The quantitative estimate of drug-likeness (QED) is 0.800. The number of ether oxygens (including phenoxy) is 1. The lowest BCUT2D eigenvalue weighted by Gasteiger charge is -2.28. The van der Waals surface area contributed by atoms with Crippen molar-refractivity contribution in [1.82, 2.24) is 9.97 Å². The molecule has 1 aromatic heterocycles. The van der Waals surface area contributed by atoms with Gasteiger partial charge in [0.05, 0.1) is 19.6 Å². The number of hydrogen-bond acceptors (Lipinski definition) is 5. The Hall–Kier alpha value is -2.19. The first-order valence-electron chi connectivity index (χ1n) is 9.05. The average Bonchev–Trinajstić information content (AvgIpc) is 2.99. The lowest BCUT2D eigenvalue weighted by molar-refractivity contribution is -0.118. The highest BCUT2D eigenvalue weighted by Crippen LogP contribution is 2.37. The van der Waals surface area contributed by atoms with Crippen molar-refractivity contribution < 1.29 is 9.53 Å². The van der Waals surface area contributed by atoms with Crippen LogP contribution in [0.5, 0.6) is 0 Å². The molecule has 2 aliphatic heterocycles. The molecular weight excluding hydrogens is 412 g/mol. The number of morpholine rings is 1. The highest BCUT2D eigenvalue weighted by Gasteiger charge is 2.32. The summed E-state index contributed by atoms with van der Waals surface area (Å²) in [5, 5.41) is 0. The van der Waals surface area contributed by atoms with E-state index < -0.39 is 0 Å². The molecule has 0 saturated carbocycles. The van der Waals surface area contributed by atoms with Crippen molar-refractivity contribution in [1.29, 1.82) is 0 Å². The highest BCUT2D eigenvalue weighted by molar-refractivity contribution is 9.10. The number of halogens is 1. The molecule has 0 bridgehead atoms. The van der Waals surface area contributed by atoms with Crippen LogP contribution in [0.4, 0.5) is 11.5 Å². The van der Waals surface area contributed by atoms with Crippen molar-refractivity contribution in [3.05, 3.63) is 50.5 Å². The smallest absolute Gasteiger partial charge is 0.252 e. The van der Waals surface area contributed by atoms with Crippen molar-refractivity contribution in [2.24, 2.45) is 0 Å². The van der Waals surface area contributed by atoms with E-state index >= 15 is 0 Å². The minimum Gasteiger partial charge on any atom is -0.378 e. The molecule has 7 nitrogen and oxygen atoms in total. The number of benzene rings is 1. The molecule has 2 aliphatic rings. The van der Waals surface area contributed by atoms with Crippen LogP contribution in [-0.4, -0.2) is 48.2 Å². The third-order valence-corrected chi connectivity index (χ3v) is 5.74. The standard InChI is InChI=1S/C19H21BrN4O3/c1-12-9-13-14(20)3-2-4-15(13)24(12)19(26)10-16-21-17(11-18(25)22-16)23-5-7-27-8-6-23/h2-4,11-12H,5-10H2,1H3,(H,21,22,25)/t12-/m1/s1. The molecule has 0 unspecified atom stereocenters. The number of aromatic amines is 1. The number of hydrogen-bond donors (Lipinski definition) is 1. The van der Waals surface area contributed by atoms with Crippen LogP contribution in [-0.2, 0) is 22.4 Å². The van der Waals surface area contributed by atoms with Gasteiger partial charge in [0.15, 0.2) is 0 Å². The summed E-state index contributed by atoms with van der Waals surface area (Å²) in [5.41, 5.74) is 1.82. The zero-order valence-electron chi connectivity index (χ0n) is 15.1. The van der Waals surface area contributed by atoms with Gasteiger partial charge in [-0.05, 0) is 31.0 Å². The van der Waals surface area contributed by atoms with Gasteiger partial charge in [-0.3, -0.25) is 9.59 Å². The lowest BCUT2D eigenvalue weighted by atomic mass is 10.1. The van der Waals surface area contributed by atoms with Crippen LogP contribution in [0.3, 0.4) is 0 Å². The van der Waals surface area contributed by atoms with Crippen molar-refractivity contribution in [2.75, 3.05) is 36.1 Å². The maximum absolute atomic E-state index is 13.0. The van der Waals surface area contributed by atoms with Crippen molar-refractivity contribution in [2.45, 2.75) is 25.8 Å². The fraction of sp³-hybridized carbons (Fsp3) is 0.421. The number of carbonyl (C=O) groups is 1. The summed E-state index contributed by atoms with van der Waals surface area (Å²) in [4.78, 5) is 36.1. The number of rotatable bonds is 3. The molecule has 27 heavy (non-hydrogen) atoms. The maximum Gasteiger partial charge on any atom is 0.252 e. The molecule has 0 aliphatic carbocycles. The van der Waals surface area contributed by atoms with Gasteiger partial charge in [0.2, 0.25) is 5.91 Å². The van der Waals surface area contributed by atoms with E-state index in [2.05, 4.69) is 25.9 Å². The van der Waals surface area contributed by atoms with Gasteiger partial charge in [-0.15, -0.1) is 0 Å². The Bertz CT molecular complexity index is 923. The minimum atomic E-state index is -0.244. The Labute approximate surface area is 165 Å². The first kappa shape index (κ1) is 18.2. The van der Waals surface area contributed by atoms with Gasteiger partial charge >= 0.3 is 0 Å². The summed E-state index contributed by atoms with van der Waals surface area (Å²) in [7, 11) is 0. The number of aromatic nitrogens is 2. The molecule has 4 rings (SSSR count). The predicted octanol–water partition coefficient (Wildman–Crippen LogP) is 1.89.